The molecule has 12 heteroatoms. The Morgan fingerprint density at radius 1 is 1.00 bits per heavy atom. The van der Waals surface area contributed by atoms with Crippen LogP contribution in [0.5, 0.6) is 0 Å². The minimum Gasteiger partial charge on any atom is -0.394 e. The van der Waals surface area contributed by atoms with Gasteiger partial charge in [0.25, 0.3) is 5.56 Å². The number of nitrogens with zero attached hydrogens (tertiary/aromatic N) is 3. The molecule has 0 amide bonds. The van der Waals surface area contributed by atoms with E-state index in [-0.39, 0.29) is 29.6 Å². The number of carbonyl (C=O) groups is 2. The van der Waals surface area contributed by atoms with Crippen LogP contribution in [0.1, 0.15) is 25.0 Å². The molecular formula is C21H26N4O8. The molecule has 0 saturated heterocycles. The number of aryl methyl sites for hydroxylation is 2. The van der Waals surface area contributed by atoms with Gasteiger partial charge in [0.2, 0.25) is 0 Å². The SMILES string of the molecule is CC(=O)C(C)=O.Cc1cc2nc3c(=O)[nH]c(=O)nc-3n(C[C@H](O)[C@H](O)[C@H](O)CO)c2cc1C. The van der Waals surface area contributed by atoms with Gasteiger partial charge in [-0.1, -0.05) is 0 Å². The highest BCUT2D eigenvalue weighted by Crippen LogP contribution is 2.24. The lowest BCUT2D eigenvalue weighted by atomic mass is 10.1. The van der Waals surface area contributed by atoms with Gasteiger partial charge in [0.1, 0.15) is 18.3 Å². The number of aromatic nitrogens is 4. The van der Waals surface area contributed by atoms with Crippen LogP contribution in [0.2, 0.25) is 0 Å². The Hall–Kier alpha value is -3.32. The van der Waals surface area contributed by atoms with E-state index in [0.29, 0.717) is 11.0 Å². The number of carbonyl (C=O) groups excluding carboxylic acids is 2. The zero-order valence-corrected chi connectivity index (χ0v) is 18.6. The molecule has 0 saturated carbocycles. The van der Waals surface area contributed by atoms with Crippen molar-refractivity contribution in [3.05, 3.63) is 44.1 Å². The van der Waals surface area contributed by atoms with E-state index in [9.17, 15) is 34.5 Å². The summed E-state index contributed by atoms with van der Waals surface area (Å²) in [5.41, 5.74) is 1.11. The van der Waals surface area contributed by atoms with E-state index < -0.39 is 36.2 Å². The van der Waals surface area contributed by atoms with Gasteiger partial charge in [-0.2, -0.15) is 4.98 Å². The predicted molar refractivity (Wildman–Crippen MR) is 117 cm³/mol. The number of fused-ring (bicyclic) bond motifs is 2. The highest BCUT2D eigenvalue weighted by Gasteiger charge is 2.27. The number of Topliss-reactive ketones (excluding diaryl/α,β-unsaturated/α-hetero) is 2. The minimum atomic E-state index is -1.64. The van der Waals surface area contributed by atoms with Crippen molar-refractivity contribution in [2.75, 3.05) is 6.61 Å². The van der Waals surface area contributed by atoms with Crippen molar-refractivity contribution in [2.24, 2.45) is 0 Å². The molecule has 0 spiro atoms. The Morgan fingerprint density at radius 2 is 1.58 bits per heavy atom. The number of hydrogen-bond donors (Lipinski definition) is 5. The molecule has 0 unspecified atom stereocenters. The Labute approximate surface area is 187 Å². The number of aliphatic hydroxyl groups excluding tert-OH is 4. The van der Waals surface area contributed by atoms with Gasteiger partial charge in [0, 0.05) is 13.8 Å². The summed E-state index contributed by atoms with van der Waals surface area (Å²) >= 11 is 0. The Kier molecular flexibility index (Phi) is 8.28. The van der Waals surface area contributed by atoms with Gasteiger partial charge in [-0.15, -0.1) is 0 Å². The lowest BCUT2D eigenvalue weighted by molar-refractivity contribution is -0.134. The summed E-state index contributed by atoms with van der Waals surface area (Å²) in [5, 5.41) is 38.8. The predicted octanol–water partition coefficient (Wildman–Crippen LogP) is -1.56. The Balaban J connectivity index is 0.000000569. The molecule has 2 aliphatic rings. The van der Waals surface area contributed by atoms with Crippen LogP contribution in [0.25, 0.3) is 22.6 Å². The third-order valence-corrected chi connectivity index (χ3v) is 5.07. The van der Waals surface area contributed by atoms with E-state index in [1.807, 2.05) is 13.8 Å². The van der Waals surface area contributed by atoms with E-state index in [2.05, 4.69) is 15.0 Å². The number of benzene rings is 1. The standard InChI is InChI=1S/C17H20N4O6.C4H6O2/c1-7-3-9-10(4-8(7)2)21(5-11(23)14(25)12(24)6-22)15-13(18-9)16(26)20-17(27)19-15;1-3(5)4(2)6/h3-4,11-12,14,22-25H,5-6H2,1-2H3,(H,20,26,27);1-2H3/t11-,12+,14-;/m0./s1. The second kappa shape index (κ2) is 10.5. The summed E-state index contributed by atoms with van der Waals surface area (Å²) in [7, 11) is 0. The molecule has 0 fully saturated rings. The molecule has 3 rings (SSSR count). The van der Waals surface area contributed by atoms with Crippen LogP contribution in [0.15, 0.2) is 21.7 Å². The van der Waals surface area contributed by atoms with Crippen LogP contribution >= 0.6 is 0 Å². The van der Waals surface area contributed by atoms with Crippen LogP contribution in [-0.2, 0) is 16.1 Å². The fourth-order valence-corrected chi connectivity index (χ4v) is 2.89. The number of aromatic amines is 1. The van der Waals surface area contributed by atoms with Crippen LogP contribution in [0.3, 0.4) is 0 Å². The molecule has 3 atom stereocenters. The first-order chi connectivity index (χ1) is 15.4. The number of H-pyrrole nitrogens is 1. The summed E-state index contributed by atoms with van der Waals surface area (Å²) in [4.78, 5) is 53.6. The number of hydrogen-bond acceptors (Lipinski definition) is 10. The van der Waals surface area contributed by atoms with Crippen molar-refractivity contribution in [3.63, 3.8) is 0 Å². The monoisotopic (exact) mass is 462 g/mol. The lowest BCUT2D eigenvalue weighted by Gasteiger charge is -2.25. The molecule has 0 bridgehead atoms. The maximum Gasteiger partial charge on any atom is 0.349 e. The summed E-state index contributed by atoms with van der Waals surface area (Å²) in [6, 6.07) is 3.53. The number of nitrogens with one attached hydrogen (secondary N) is 1. The average Bonchev–Trinajstić information content (AvgIpc) is 2.74. The maximum atomic E-state index is 12.2. The van der Waals surface area contributed by atoms with Gasteiger partial charge >= 0.3 is 5.69 Å². The fourth-order valence-electron chi connectivity index (χ4n) is 2.89. The van der Waals surface area contributed by atoms with Crippen molar-refractivity contribution in [1.82, 2.24) is 19.5 Å². The van der Waals surface area contributed by atoms with Gasteiger partial charge in [-0.25, -0.2) is 9.78 Å². The second-order valence-corrected chi connectivity index (χ2v) is 7.61. The zero-order valence-electron chi connectivity index (χ0n) is 18.6. The molecule has 178 valence electrons. The minimum absolute atomic E-state index is 0.0516. The Bertz CT molecular complexity index is 1250. The van der Waals surface area contributed by atoms with Crippen molar-refractivity contribution < 1.29 is 30.0 Å². The molecule has 2 aliphatic heterocycles. The van der Waals surface area contributed by atoms with Gasteiger partial charge in [0.05, 0.1) is 24.2 Å². The highest BCUT2D eigenvalue weighted by molar-refractivity contribution is 6.35. The first-order valence-corrected chi connectivity index (χ1v) is 9.95. The maximum absolute atomic E-state index is 12.2. The molecule has 33 heavy (non-hydrogen) atoms. The van der Waals surface area contributed by atoms with Crippen molar-refractivity contribution in [2.45, 2.75) is 52.6 Å². The van der Waals surface area contributed by atoms with E-state index in [0.717, 1.165) is 11.1 Å². The molecule has 1 aromatic carbocycles. The molecule has 12 nitrogen and oxygen atoms in total. The molecule has 1 aromatic rings. The van der Waals surface area contributed by atoms with Crippen molar-refractivity contribution in [3.8, 4) is 11.5 Å². The second-order valence-electron chi connectivity index (χ2n) is 7.61. The van der Waals surface area contributed by atoms with E-state index in [1.165, 1.54) is 18.4 Å². The average molecular weight is 462 g/mol. The van der Waals surface area contributed by atoms with Crippen LogP contribution < -0.4 is 11.2 Å². The number of aliphatic hydroxyl groups is 4. The van der Waals surface area contributed by atoms with E-state index in [4.69, 9.17) is 5.11 Å². The van der Waals surface area contributed by atoms with Crippen molar-refractivity contribution in [1.29, 1.82) is 0 Å². The molecule has 5 N–H and O–H groups in total. The first-order valence-electron chi connectivity index (χ1n) is 9.95. The van der Waals surface area contributed by atoms with E-state index in [1.54, 1.807) is 12.1 Å². The summed E-state index contributed by atoms with van der Waals surface area (Å²) < 4.78 is 1.40. The van der Waals surface area contributed by atoms with Gasteiger partial charge in [0.15, 0.2) is 23.1 Å². The first kappa shape index (κ1) is 25.9. The quantitative estimate of drug-likeness (QED) is 0.211. The number of ketones is 2. The third-order valence-electron chi connectivity index (χ3n) is 5.07. The van der Waals surface area contributed by atoms with Crippen molar-refractivity contribution >= 4 is 22.6 Å². The molecular weight excluding hydrogens is 436 g/mol. The Morgan fingerprint density at radius 3 is 2.12 bits per heavy atom. The lowest BCUT2D eigenvalue weighted by Crippen LogP contribution is -2.42. The molecule has 0 aromatic heterocycles. The molecule has 0 radical (unpaired) electrons. The van der Waals surface area contributed by atoms with Gasteiger partial charge < -0.3 is 25.0 Å². The summed E-state index contributed by atoms with van der Waals surface area (Å²) in [5.74, 6) is -0.811. The number of rotatable bonds is 6. The zero-order chi connectivity index (χ0) is 25.0. The molecule has 0 aliphatic carbocycles. The topological polar surface area (TPSA) is 196 Å². The normalized spacial score (nSPS) is 13.8. The third kappa shape index (κ3) is 5.93. The largest absolute Gasteiger partial charge is 0.394 e. The van der Waals surface area contributed by atoms with Gasteiger partial charge in [-0.05, 0) is 37.1 Å². The molecule has 2 heterocycles. The smallest absolute Gasteiger partial charge is 0.349 e. The van der Waals surface area contributed by atoms with Crippen LogP contribution in [-0.4, -0.2) is 76.4 Å². The van der Waals surface area contributed by atoms with Crippen LogP contribution in [0, 0.1) is 13.8 Å². The summed E-state index contributed by atoms with van der Waals surface area (Å²) in [6.45, 7) is 5.23. The van der Waals surface area contributed by atoms with E-state index >= 15 is 0 Å². The summed E-state index contributed by atoms with van der Waals surface area (Å²) in [6.07, 6.45) is -4.68. The van der Waals surface area contributed by atoms with Gasteiger partial charge in [-0.3, -0.25) is 19.4 Å². The highest BCUT2D eigenvalue weighted by atomic mass is 16.4. The van der Waals surface area contributed by atoms with Crippen LogP contribution in [0.4, 0.5) is 0 Å². The fraction of sp³-hybridized carbons (Fsp3) is 0.429.